The molecule has 0 atom stereocenters. The van der Waals surface area contributed by atoms with Crippen LogP contribution in [0.25, 0.3) is 0 Å². The fourth-order valence-electron chi connectivity index (χ4n) is 1.62. The van der Waals surface area contributed by atoms with Gasteiger partial charge in [-0.05, 0) is 53.4 Å². The first-order valence-electron chi connectivity index (χ1n) is 5.65. The van der Waals surface area contributed by atoms with Gasteiger partial charge in [-0.3, -0.25) is 4.79 Å². The first-order chi connectivity index (χ1) is 7.58. The zero-order chi connectivity index (χ0) is 12.1. The molecule has 0 fully saturated rings. The van der Waals surface area contributed by atoms with Crippen molar-refractivity contribution in [3.05, 3.63) is 28.2 Å². The largest absolute Gasteiger partial charge is 0.325 e. The van der Waals surface area contributed by atoms with Gasteiger partial charge >= 0.3 is 0 Å². The highest BCUT2D eigenvalue weighted by atomic mass is 79.9. The summed E-state index contributed by atoms with van der Waals surface area (Å²) in [4.78, 5) is 11.9. The van der Waals surface area contributed by atoms with Crippen LogP contribution in [-0.2, 0) is 4.79 Å². The summed E-state index contributed by atoms with van der Waals surface area (Å²) >= 11 is 3.45. The van der Waals surface area contributed by atoms with E-state index in [0.29, 0.717) is 0 Å². The average molecular weight is 284 g/mol. The minimum Gasteiger partial charge on any atom is -0.325 e. The molecule has 0 aliphatic carbocycles. The van der Waals surface area contributed by atoms with Crippen LogP contribution in [0, 0.1) is 12.8 Å². The Hall–Kier alpha value is -0.830. The predicted octanol–water partition coefficient (Wildman–Crippen LogP) is 4.13. The van der Waals surface area contributed by atoms with Gasteiger partial charge in [0.15, 0.2) is 0 Å². The number of anilines is 1. The van der Waals surface area contributed by atoms with Gasteiger partial charge < -0.3 is 5.32 Å². The van der Waals surface area contributed by atoms with Gasteiger partial charge in [-0.15, -0.1) is 0 Å². The van der Waals surface area contributed by atoms with E-state index in [0.717, 1.165) is 23.0 Å². The maximum absolute atomic E-state index is 11.9. The molecule has 0 spiro atoms. The minimum atomic E-state index is 0.105. The van der Waals surface area contributed by atoms with Gasteiger partial charge in [-0.1, -0.05) is 19.9 Å². The summed E-state index contributed by atoms with van der Waals surface area (Å²) in [7, 11) is 0. The maximum atomic E-state index is 11.9. The number of rotatable bonds is 4. The molecule has 1 rings (SSSR count). The molecule has 3 heteroatoms. The molecular weight excluding hydrogens is 266 g/mol. The fourth-order valence-corrected chi connectivity index (χ4v) is 2.21. The number of aryl methyl sites for hydroxylation is 1. The SMILES string of the molecule is CCC(CC)C(=O)Nc1ccc(C)cc1Br. The molecule has 1 amide bonds. The molecule has 0 radical (unpaired) electrons. The lowest BCUT2D eigenvalue weighted by Crippen LogP contribution is -2.21. The van der Waals surface area contributed by atoms with Gasteiger partial charge in [0.1, 0.15) is 0 Å². The van der Waals surface area contributed by atoms with Crippen LogP contribution in [0.3, 0.4) is 0 Å². The predicted molar refractivity (Wildman–Crippen MR) is 71.6 cm³/mol. The number of carbonyl (C=O) groups is 1. The molecule has 88 valence electrons. The Labute approximate surface area is 106 Å². The Morgan fingerprint density at radius 2 is 2.00 bits per heavy atom. The van der Waals surface area contributed by atoms with Crippen LogP contribution in [0.4, 0.5) is 5.69 Å². The van der Waals surface area contributed by atoms with Crippen LogP contribution in [0.2, 0.25) is 0 Å². The molecule has 0 bridgehead atoms. The lowest BCUT2D eigenvalue weighted by Gasteiger charge is -2.14. The summed E-state index contributed by atoms with van der Waals surface area (Å²) in [6.45, 7) is 6.10. The van der Waals surface area contributed by atoms with E-state index in [-0.39, 0.29) is 11.8 Å². The van der Waals surface area contributed by atoms with Gasteiger partial charge in [-0.25, -0.2) is 0 Å². The number of halogens is 1. The summed E-state index contributed by atoms with van der Waals surface area (Å²) in [6, 6.07) is 5.93. The molecular formula is C13H18BrNO. The van der Waals surface area contributed by atoms with Crippen LogP contribution in [0.5, 0.6) is 0 Å². The van der Waals surface area contributed by atoms with Crippen LogP contribution >= 0.6 is 15.9 Å². The van der Waals surface area contributed by atoms with Crippen LogP contribution in [-0.4, -0.2) is 5.91 Å². The topological polar surface area (TPSA) is 29.1 Å². The standard InChI is InChI=1S/C13H18BrNO/c1-4-10(5-2)13(16)15-12-7-6-9(3)8-11(12)14/h6-8,10H,4-5H2,1-3H3,(H,15,16). The van der Waals surface area contributed by atoms with Crippen molar-refractivity contribution in [2.24, 2.45) is 5.92 Å². The molecule has 1 aromatic rings. The first kappa shape index (κ1) is 13.2. The zero-order valence-corrected chi connectivity index (χ0v) is 11.6. The minimum absolute atomic E-state index is 0.105. The summed E-state index contributed by atoms with van der Waals surface area (Å²) in [6.07, 6.45) is 1.76. The van der Waals surface area contributed by atoms with E-state index in [1.807, 2.05) is 39.0 Å². The van der Waals surface area contributed by atoms with Crippen LogP contribution in [0.1, 0.15) is 32.3 Å². The Balaban J connectivity index is 2.76. The third-order valence-corrected chi connectivity index (χ3v) is 3.39. The quantitative estimate of drug-likeness (QED) is 0.884. The van der Waals surface area contributed by atoms with E-state index in [4.69, 9.17) is 0 Å². The lowest BCUT2D eigenvalue weighted by atomic mass is 10.0. The molecule has 2 nitrogen and oxygen atoms in total. The summed E-state index contributed by atoms with van der Waals surface area (Å²) in [5.74, 6) is 0.211. The summed E-state index contributed by atoms with van der Waals surface area (Å²) in [5, 5.41) is 2.95. The van der Waals surface area contributed by atoms with Crippen molar-refractivity contribution in [3.8, 4) is 0 Å². The van der Waals surface area contributed by atoms with Gasteiger partial charge in [0, 0.05) is 10.4 Å². The number of hydrogen-bond donors (Lipinski definition) is 1. The third-order valence-electron chi connectivity index (χ3n) is 2.74. The fraction of sp³-hybridized carbons (Fsp3) is 0.462. The Kier molecular flexibility index (Phi) is 5.00. The number of nitrogens with one attached hydrogen (secondary N) is 1. The zero-order valence-electron chi connectivity index (χ0n) is 10.0. The second-order valence-corrected chi connectivity index (χ2v) is 4.84. The van der Waals surface area contributed by atoms with Crippen molar-refractivity contribution in [1.82, 2.24) is 0 Å². The summed E-state index contributed by atoms with van der Waals surface area (Å²) in [5.41, 5.74) is 2.02. The van der Waals surface area contributed by atoms with Crippen LogP contribution in [0.15, 0.2) is 22.7 Å². The number of carbonyl (C=O) groups excluding carboxylic acids is 1. The monoisotopic (exact) mass is 283 g/mol. The molecule has 0 saturated heterocycles. The highest BCUT2D eigenvalue weighted by Gasteiger charge is 2.14. The molecule has 0 aromatic heterocycles. The Morgan fingerprint density at radius 1 is 1.38 bits per heavy atom. The van der Waals surface area contributed by atoms with Crippen molar-refractivity contribution in [3.63, 3.8) is 0 Å². The highest BCUT2D eigenvalue weighted by Crippen LogP contribution is 2.24. The number of benzene rings is 1. The van der Waals surface area contributed by atoms with E-state index in [2.05, 4.69) is 21.2 Å². The molecule has 0 heterocycles. The molecule has 0 saturated carbocycles. The number of hydrogen-bond acceptors (Lipinski definition) is 1. The Bertz CT molecular complexity index is 372. The van der Waals surface area contributed by atoms with Crippen LogP contribution < -0.4 is 5.32 Å². The molecule has 1 aromatic carbocycles. The van der Waals surface area contributed by atoms with E-state index in [1.165, 1.54) is 5.56 Å². The maximum Gasteiger partial charge on any atom is 0.227 e. The Morgan fingerprint density at radius 3 is 2.50 bits per heavy atom. The smallest absolute Gasteiger partial charge is 0.227 e. The lowest BCUT2D eigenvalue weighted by molar-refractivity contribution is -0.120. The van der Waals surface area contributed by atoms with E-state index >= 15 is 0 Å². The van der Waals surface area contributed by atoms with Gasteiger partial charge in [-0.2, -0.15) is 0 Å². The van der Waals surface area contributed by atoms with E-state index < -0.39 is 0 Å². The number of amides is 1. The average Bonchev–Trinajstić information content (AvgIpc) is 2.24. The van der Waals surface area contributed by atoms with E-state index in [1.54, 1.807) is 0 Å². The second kappa shape index (κ2) is 6.04. The van der Waals surface area contributed by atoms with Crippen molar-refractivity contribution in [2.45, 2.75) is 33.6 Å². The highest BCUT2D eigenvalue weighted by molar-refractivity contribution is 9.10. The molecule has 1 N–H and O–H groups in total. The first-order valence-corrected chi connectivity index (χ1v) is 6.44. The van der Waals surface area contributed by atoms with Gasteiger partial charge in [0.05, 0.1) is 5.69 Å². The molecule has 0 aliphatic rings. The van der Waals surface area contributed by atoms with Crippen molar-refractivity contribution in [1.29, 1.82) is 0 Å². The van der Waals surface area contributed by atoms with E-state index in [9.17, 15) is 4.79 Å². The van der Waals surface area contributed by atoms with Crippen molar-refractivity contribution in [2.75, 3.05) is 5.32 Å². The molecule has 16 heavy (non-hydrogen) atoms. The third kappa shape index (κ3) is 3.34. The summed E-state index contributed by atoms with van der Waals surface area (Å²) < 4.78 is 0.937. The van der Waals surface area contributed by atoms with Gasteiger partial charge in [0.2, 0.25) is 5.91 Å². The molecule has 0 aliphatic heterocycles. The second-order valence-electron chi connectivity index (χ2n) is 3.99. The van der Waals surface area contributed by atoms with Crippen molar-refractivity contribution >= 4 is 27.5 Å². The van der Waals surface area contributed by atoms with Gasteiger partial charge in [0.25, 0.3) is 0 Å². The normalized spacial score (nSPS) is 10.6. The van der Waals surface area contributed by atoms with Crippen molar-refractivity contribution < 1.29 is 4.79 Å². The molecule has 0 unspecified atom stereocenters.